The Bertz CT molecular complexity index is 1470. The minimum absolute atomic E-state index is 0.184. The normalized spacial score (nSPS) is 30.0. The number of aliphatic hydroxyl groups is 1. The topological polar surface area (TPSA) is 184 Å². The molecule has 39 heavy (non-hydrogen) atoms. The van der Waals surface area contributed by atoms with Crippen LogP contribution in [0.3, 0.4) is 0 Å². The van der Waals surface area contributed by atoms with Crippen molar-refractivity contribution >= 4 is 52.0 Å². The van der Waals surface area contributed by atoms with Crippen molar-refractivity contribution < 1.29 is 43.4 Å². The largest absolute Gasteiger partial charge is 0.505 e. The minimum atomic E-state index is -2.88. The summed E-state index contributed by atoms with van der Waals surface area (Å²) in [4.78, 5) is 80.0. The van der Waals surface area contributed by atoms with Crippen molar-refractivity contribution in [3.63, 3.8) is 0 Å². The number of likely N-dealkylation sites (N-methyl/N-ethyl adjacent to an activating group) is 1. The fraction of sp³-hybridized carbons (Fsp3) is 0.385. The van der Waals surface area contributed by atoms with Crippen molar-refractivity contribution in [1.82, 2.24) is 4.90 Å². The van der Waals surface area contributed by atoms with Crippen LogP contribution in [0.5, 0.6) is 5.75 Å². The van der Waals surface area contributed by atoms with Crippen molar-refractivity contribution in [2.24, 2.45) is 29.4 Å². The summed E-state index contributed by atoms with van der Waals surface area (Å²) >= 11 is 1.10. The molecule has 0 saturated heterocycles. The number of aromatic hydroxyl groups is 1. The summed E-state index contributed by atoms with van der Waals surface area (Å²) in [6.45, 7) is 0. The molecule has 5 N–H and O–H groups in total. The highest BCUT2D eigenvalue weighted by Crippen LogP contribution is 2.51. The second-order valence-electron chi connectivity index (χ2n) is 10.3. The van der Waals surface area contributed by atoms with Crippen molar-refractivity contribution in [3.8, 4) is 5.75 Å². The van der Waals surface area contributed by atoms with Crippen molar-refractivity contribution in [1.29, 1.82) is 0 Å². The Morgan fingerprint density at radius 3 is 2.49 bits per heavy atom. The number of hydrogen-bond acceptors (Lipinski definition) is 10. The molecule has 11 nitrogen and oxygen atoms in total. The minimum Gasteiger partial charge on any atom is -0.505 e. The Hall–Kier alpha value is -3.81. The average Bonchev–Trinajstić information content (AvgIpc) is 3.39. The third kappa shape index (κ3) is 3.75. The van der Waals surface area contributed by atoms with Gasteiger partial charge < -0.3 is 21.3 Å². The summed E-state index contributed by atoms with van der Waals surface area (Å²) < 4.78 is 15.3. The van der Waals surface area contributed by atoms with Crippen LogP contribution in [0.4, 0.5) is 10.1 Å². The van der Waals surface area contributed by atoms with E-state index in [-0.39, 0.29) is 23.3 Å². The molecule has 6 atom stereocenters. The number of thiophene rings is 1. The lowest BCUT2D eigenvalue weighted by molar-refractivity contribution is -0.181. The highest BCUT2D eigenvalue weighted by atomic mass is 32.1. The molecule has 2 unspecified atom stereocenters. The zero-order valence-corrected chi connectivity index (χ0v) is 21.6. The number of fused-ring (bicyclic) bond motifs is 3. The number of nitrogens with zero attached hydrogens (tertiary/aromatic N) is 1. The van der Waals surface area contributed by atoms with Gasteiger partial charge in [0.15, 0.2) is 34.7 Å². The van der Waals surface area contributed by atoms with Gasteiger partial charge in [-0.1, -0.05) is 6.07 Å². The molecule has 5 rings (SSSR count). The van der Waals surface area contributed by atoms with Gasteiger partial charge in [0.1, 0.15) is 11.6 Å². The van der Waals surface area contributed by atoms with E-state index in [1.165, 1.54) is 25.1 Å². The lowest BCUT2D eigenvalue weighted by Crippen LogP contribution is -2.74. The molecule has 1 aromatic heterocycles. The Kier molecular flexibility index (Phi) is 6.28. The van der Waals surface area contributed by atoms with Crippen LogP contribution in [0.1, 0.15) is 32.0 Å². The van der Waals surface area contributed by atoms with Crippen molar-refractivity contribution in [2.75, 3.05) is 19.4 Å². The zero-order chi connectivity index (χ0) is 28.5. The molecular weight excluding hydrogens is 533 g/mol. The van der Waals surface area contributed by atoms with Gasteiger partial charge in [-0.3, -0.25) is 33.7 Å². The van der Waals surface area contributed by atoms with Crippen LogP contribution in [0.25, 0.3) is 0 Å². The second kappa shape index (κ2) is 9.14. The highest BCUT2D eigenvalue weighted by molar-refractivity contribution is 7.12. The third-order valence-corrected chi connectivity index (χ3v) is 8.87. The van der Waals surface area contributed by atoms with Gasteiger partial charge >= 0.3 is 0 Å². The van der Waals surface area contributed by atoms with Crippen LogP contribution in [0, 0.1) is 29.5 Å². The van der Waals surface area contributed by atoms with Crippen LogP contribution in [-0.2, 0) is 25.6 Å². The van der Waals surface area contributed by atoms with Gasteiger partial charge in [-0.15, -0.1) is 11.3 Å². The first-order chi connectivity index (χ1) is 18.3. The van der Waals surface area contributed by atoms with Gasteiger partial charge in [-0.05, 0) is 44.3 Å². The molecule has 2 fully saturated rings. The lowest BCUT2D eigenvalue weighted by Gasteiger charge is -2.52. The second-order valence-corrected chi connectivity index (χ2v) is 11.3. The van der Waals surface area contributed by atoms with Crippen LogP contribution in [0.2, 0.25) is 0 Å². The van der Waals surface area contributed by atoms with Crippen LogP contribution in [-0.4, -0.2) is 75.8 Å². The number of phenols is 1. The van der Waals surface area contributed by atoms with Gasteiger partial charge in [0.2, 0.25) is 5.91 Å². The fourth-order valence-electron chi connectivity index (χ4n) is 6.31. The number of primary amides is 1. The standard InChI is InChI=1S/C26H24FN3O8S/c1-30(2)18-11-7-9-6-10-12(27)8-13(29-25(37)14-4-3-5-39-14)19(31)16(10)20(32)15(9)22(34)26(11,38)23(35)17(21(18)33)24(28)36/h3-5,8-9,11,15,17-18,31,38H,6-7H2,1-2H3,(H2,28,36)(H,29,37)/t9-,11-,15?,17?,18-,26-/m0/s1. The average molecular weight is 558 g/mol. The summed E-state index contributed by atoms with van der Waals surface area (Å²) in [5, 5.41) is 26.5. The predicted molar refractivity (Wildman–Crippen MR) is 134 cm³/mol. The molecule has 1 aromatic carbocycles. The van der Waals surface area contributed by atoms with Crippen LogP contribution in [0.15, 0.2) is 23.6 Å². The number of phenolic OH excluding ortho intramolecular Hbond substituents is 1. The van der Waals surface area contributed by atoms with Crippen molar-refractivity contribution in [3.05, 3.63) is 45.4 Å². The van der Waals surface area contributed by atoms with E-state index in [4.69, 9.17) is 5.73 Å². The number of carbonyl (C=O) groups excluding carboxylic acids is 6. The number of benzene rings is 1. The van der Waals surface area contributed by atoms with Crippen LogP contribution < -0.4 is 11.1 Å². The number of nitrogens with one attached hydrogen (secondary N) is 1. The van der Waals surface area contributed by atoms with E-state index in [2.05, 4.69) is 5.32 Å². The molecule has 13 heteroatoms. The fourth-order valence-corrected chi connectivity index (χ4v) is 6.93. The number of Topliss-reactive ketones (excluding diaryl/α,β-unsaturated/α-hetero) is 4. The van der Waals surface area contributed by atoms with E-state index in [0.29, 0.717) is 0 Å². The van der Waals surface area contributed by atoms with E-state index >= 15 is 4.39 Å². The van der Waals surface area contributed by atoms with Gasteiger partial charge in [0, 0.05) is 17.5 Å². The number of hydrogen-bond donors (Lipinski definition) is 4. The third-order valence-electron chi connectivity index (χ3n) is 8.00. The molecule has 2 amide bonds. The molecule has 0 spiro atoms. The van der Waals surface area contributed by atoms with E-state index < -0.39 is 93.1 Å². The smallest absolute Gasteiger partial charge is 0.265 e. The number of nitrogens with two attached hydrogens (primary N) is 1. The number of amides is 2. The molecule has 0 radical (unpaired) electrons. The first-order valence-electron chi connectivity index (χ1n) is 12.0. The maximum absolute atomic E-state index is 15.3. The van der Waals surface area contributed by atoms with E-state index in [1.807, 2.05) is 0 Å². The number of halogens is 1. The number of ketones is 4. The van der Waals surface area contributed by atoms with Crippen molar-refractivity contribution in [2.45, 2.75) is 24.5 Å². The van der Waals surface area contributed by atoms with E-state index in [0.717, 1.165) is 17.4 Å². The number of rotatable bonds is 4. The maximum atomic E-state index is 15.3. The van der Waals surface area contributed by atoms with E-state index in [9.17, 15) is 39.0 Å². The summed E-state index contributed by atoms with van der Waals surface area (Å²) in [6, 6.07) is 2.75. The predicted octanol–water partition coefficient (Wildman–Crippen LogP) is 0.320. The summed E-state index contributed by atoms with van der Waals surface area (Å²) in [5.41, 5.74) is 1.30. The van der Waals surface area contributed by atoms with Gasteiger partial charge in [0.25, 0.3) is 5.91 Å². The number of anilines is 1. The first kappa shape index (κ1) is 26.8. The molecule has 2 aromatic rings. The number of carbonyl (C=O) groups is 6. The molecule has 0 aliphatic heterocycles. The van der Waals surface area contributed by atoms with Gasteiger partial charge in [-0.25, -0.2) is 4.39 Å². The lowest BCUT2D eigenvalue weighted by atomic mass is 9.52. The van der Waals surface area contributed by atoms with E-state index in [1.54, 1.807) is 11.4 Å². The Balaban J connectivity index is 1.59. The Morgan fingerprint density at radius 2 is 1.90 bits per heavy atom. The molecule has 1 heterocycles. The summed E-state index contributed by atoms with van der Waals surface area (Å²) in [6.07, 6.45) is -0.411. The monoisotopic (exact) mass is 557 g/mol. The van der Waals surface area contributed by atoms with Crippen LogP contribution >= 0.6 is 11.3 Å². The molecule has 2 saturated carbocycles. The molecule has 0 bridgehead atoms. The van der Waals surface area contributed by atoms with Gasteiger partial charge in [0.05, 0.1) is 28.1 Å². The molecular formula is C26H24FN3O8S. The highest BCUT2D eigenvalue weighted by Gasteiger charge is 2.69. The summed E-state index contributed by atoms with van der Waals surface area (Å²) in [7, 11) is 2.94. The van der Waals surface area contributed by atoms with Gasteiger partial charge in [-0.2, -0.15) is 0 Å². The molecule has 3 aliphatic carbocycles. The molecule has 3 aliphatic rings. The Labute approximate surface area is 224 Å². The quantitative estimate of drug-likeness (QED) is 0.304. The summed E-state index contributed by atoms with van der Waals surface area (Å²) in [5.74, 6) is -14.1. The maximum Gasteiger partial charge on any atom is 0.265 e. The first-order valence-corrected chi connectivity index (χ1v) is 12.9. The zero-order valence-electron chi connectivity index (χ0n) is 20.8. The SMILES string of the molecule is CN(C)[C@@H]1C(=O)C(C(N)=O)C(=O)[C@@]2(O)C(=O)C3C(=O)c4c(O)c(NC(=O)c5cccs5)cc(F)c4C[C@H]3C[C@@H]12. The Morgan fingerprint density at radius 1 is 1.21 bits per heavy atom. The molecule has 204 valence electrons.